The molecule has 2 rings (SSSR count). The molecule has 0 aliphatic heterocycles. The number of amides is 1. The van der Waals surface area contributed by atoms with Crippen molar-refractivity contribution < 1.29 is 13.2 Å². The standard InChI is InChI=1S/C21H26Cl2N2O3S2/c1-16-18(22)9-5-10-20(16)25(30(2,27)28)13-6-11-21(26)24-12-14-29-15-17-7-3-4-8-19(17)23/h3-5,7-10H,6,11-15H2,1-2H3,(H,24,26). The summed E-state index contributed by atoms with van der Waals surface area (Å²) in [6.45, 7) is 2.55. The molecule has 0 heterocycles. The second-order valence-corrected chi connectivity index (χ2v) is 10.6. The lowest BCUT2D eigenvalue weighted by Crippen LogP contribution is -2.33. The first kappa shape index (κ1) is 24.9. The molecule has 0 saturated carbocycles. The average molecular weight is 489 g/mol. The van der Waals surface area contributed by atoms with Crippen LogP contribution < -0.4 is 9.62 Å². The third-order valence-electron chi connectivity index (χ3n) is 4.46. The molecule has 164 valence electrons. The molecule has 0 aromatic heterocycles. The molecule has 0 unspecified atom stereocenters. The minimum Gasteiger partial charge on any atom is -0.355 e. The first-order valence-electron chi connectivity index (χ1n) is 9.51. The number of carbonyl (C=O) groups is 1. The topological polar surface area (TPSA) is 66.5 Å². The van der Waals surface area contributed by atoms with Crippen LogP contribution in [-0.2, 0) is 20.6 Å². The number of rotatable bonds is 11. The van der Waals surface area contributed by atoms with Crippen molar-refractivity contribution in [1.29, 1.82) is 0 Å². The summed E-state index contributed by atoms with van der Waals surface area (Å²) >= 11 is 14.0. The van der Waals surface area contributed by atoms with Crippen molar-refractivity contribution in [3.8, 4) is 0 Å². The molecule has 1 amide bonds. The third kappa shape index (κ3) is 7.69. The summed E-state index contributed by atoms with van der Waals surface area (Å²) in [7, 11) is -3.48. The van der Waals surface area contributed by atoms with E-state index in [0.717, 1.165) is 28.3 Å². The van der Waals surface area contributed by atoms with E-state index in [-0.39, 0.29) is 18.9 Å². The molecule has 0 fully saturated rings. The summed E-state index contributed by atoms with van der Waals surface area (Å²) in [6, 6.07) is 12.9. The molecule has 0 bridgehead atoms. The predicted octanol–water partition coefficient (Wildman–Crippen LogP) is 4.90. The molecule has 0 radical (unpaired) electrons. The molecule has 9 heteroatoms. The van der Waals surface area contributed by atoms with Gasteiger partial charge in [0.25, 0.3) is 0 Å². The summed E-state index contributed by atoms with van der Waals surface area (Å²) in [5.41, 5.74) is 2.32. The fraction of sp³-hybridized carbons (Fsp3) is 0.381. The van der Waals surface area contributed by atoms with E-state index in [1.165, 1.54) is 4.31 Å². The normalized spacial score (nSPS) is 11.3. The van der Waals surface area contributed by atoms with Crippen molar-refractivity contribution in [2.75, 3.05) is 29.4 Å². The lowest BCUT2D eigenvalue weighted by Gasteiger charge is -2.24. The summed E-state index contributed by atoms with van der Waals surface area (Å²) in [5, 5.41) is 4.13. The van der Waals surface area contributed by atoms with Gasteiger partial charge in [0.15, 0.2) is 0 Å². The maximum absolute atomic E-state index is 12.2. The van der Waals surface area contributed by atoms with Crippen LogP contribution >= 0.6 is 35.0 Å². The molecular weight excluding hydrogens is 463 g/mol. The zero-order valence-corrected chi connectivity index (χ0v) is 20.2. The van der Waals surface area contributed by atoms with Crippen LogP contribution in [0.2, 0.25) is 10.0 Å². The van der Waals surface area contributed by atoms with Gasteiger partial charge >= 0.3 is 0 Å². The maximum Gasteiger partial charge on any atom is 0.232 e. The first-order chi connectivity index (χ1) is 14.2. The van der Waals surface area contributed by atoms with E-state index in [1.54, 1.807) is 36.9 Å². The minimum atomic E-state index is -3.48. The lowest BCUT2D eigenvalue weighted by atomic mass is 10.2. The molecule has 2 aromatic rings. The van der Waals surface area contributed by atoms with E-state index >= 15 is 0 Å². The van der Waals surface area contributed by atoms with E-state index in [4.69, 9.17) is 23.2 Å². The summed E-state index contributed by atoms with van der Waals surface area (Å²) in [5.74, 6) is 1.47. The van der Waals surface area contributed by atoms with Gasteiger partial charge in [-0.2, -0.15) is 11.8 Å². The van der Waals surface area contributed by atoms with Gasteiger partial charge in [-0.05, 0) is 42.7 Å². The maximum atomic E-state index is 12.2. The molecular formula is C21H26Cl2N2O3S2. The van der Waals surface area contributed by atoms with E-state index < -0.39 is 10.0 Å². The first-order valence-corrected chi connectivity index (χ1v) is 13.3. The fourth-order valence-corrected chi connectivity index (χ4v) is 5.19. The number of benzene rings is 2. The van der Waals surface area contributed by atoms with E-state index in [0.29, 0.717) is 29.2 Å². The quantitative estimate of drug-likeness (QED) is 0.456. The highest BCUT2D eigenvalue weighted by Crippen LogP contribution is 2.28. The van der Waals surface area contributed by atoms with Gasteiger partial charge < -0.3 is 5.32 Å². The number of halogens is 2. The van der Waals surface area contributed by atoms with Gasteiger partial charge in [0.1, 0.15) is 0 Å². The van der Waals surface area contributed by atoms with Crippen molar-refractivity contribution in [1.82, 2.24) is 5.32 Å². The molecule has 0 spiro atoms. The van der Waals surface area contributed by atoms with Crippen LogP contribution in [0.25, 0.3) is 0 Å². The zero-order chi connectivity index (χ0) is 22.1. The van der Waals surface area contributed by atoms with Gasteiger partial charge in [-0.3, -0.25) is 9.10 Å². The Balaban J connectivity index is 1.75. The Bertz CT molecular complexity index is 968. The van der Waals surface area contributed by atoms with Crippen molar-refractivity contribution in [3.63, 3.8) is 0 Å². The summed E-state index contributed by atoms with van der Waals surface area (Å²) in [4.78, 5) is 12.1. The van der Waals surface area contributed by atoms with Crippen LogP contribution in [0.4, 0.5) is 5.69 Å². The van der Waals surface area contributed by atoms with Crippen molar-refractivity contribution >= 4 is 56.6 Å². The van der Waals surface area contributed by atoms with Crippen LogP contribution in [-0.4, -0.2) is 39.4 Å². The second-order valence-electron chi connectivity index (χ2n) is 6.82. The Labute approximate surface area is 193 Å². The van der Waals surface area contributed by atoms with Crippen molar-refractivity contribution in [2.24, 2.45) is 0 Å². The number of hydrogen-bond acceptors (Lipinski definition) is 4. The van der Waals surface area contributed by atoms with E-state index in [1.807, 2.05) is 24.3 Å². The summed E-state index contributed by atoms with van der Waals surface area (Å²) in [6.07, 6.45) is 1.82. The van der Waals surface area contributed by atoms with Crippen LogP contribution in [0.3, 0.4) is 0 Å². The highest BCUT2D eigenvalue weighted by atomic mass is 35.5. The average Bonchev–Trinajstić information content (AvgIpc) is 2.68. The molecule has 0 aliphatic carbocycles. The summed E-state index contributed by atoms with van der Waals surface area (Å²) < 4.78 is 25.8. The number of thioether (sulfide) groups is 1. The molecule has 30 heavy (non-hydrogen) atoms. The van der Waals surface area contributed by atoms with Crippen molar-refractivity contribution in [3.05, 3.63) is 63.6 Å². The molecule has 0 aliphatic rings. The van der Waals surface area contributed by atoms with Gasteiger partial charge in [-0.15, -0.1) is 0 Å². The Kier molecular flexibility index (Phi) is 9.81. The number of anilines is 1. The van der Waals surface area contributed by atoms with Crippen molar-refractivity contribution in [2.45, 2.75) is 25.5 Å². The van der Waals surface area contributed by atoms with Gasteiger partial charge in [0.05, 0.1) is 11.9 Å². The molecule has 0 saturated heterocycles. The van der Waals surface area contributed by atoms with Gasteiger partial charge in [-0.1, -0.05) is 47.5 Å². The number of nitrogens with zero attached hydrogens (tertiary/aromatic N) is 1. The number of hydrogen-bond donors (Lipinski definition) is 1. The predicted molar refractivity (Wildman–Crippen MR) is 128 cm³/mol. The van der Waals surface area contributed by atoms with Crippen LogP contribution in [0, 0.1) is 6.92 Å². The minimum absolute atomic E-state index is 0.0930. The fourth-order valence-electron chi connectivity index (χ4n) is 2.86. The SMILES string of the molecule is Cc1c(Cl)cccc1N(CCCC(=O)NCCSCc1ccccc1Cl)S(C)(=O)=O. The van der Waals surface area contributed by atoms with Gasteiger partial charge in [0, 0.05) is 41.1 Å². The second kappa shape index (κ2) is 11.8. The number of nitrogens with one attached hydrogen (secondary N) is 1. The monoisotopic (exact) mass is 488 g/mol. The Hall–Kier alpha value is -1.41. The Morgan fingerprint density at radius 2 is 1.80 bits per heavy atom. The van der Waals surface area contributed by atoms with Crippen LogP contribution in [0.5, 0.6) is 0 Å². The third-order valence-corrected chi connectivity index (χ3v) is 7.42. The number of sulfonamides is 1. The Morgan fingerprint density at radius 1 is 1.10 bits per heavy atom. The number of carbonyl (C=O) groups excluding carboxylic acids is 1. The molecule has 0 atom stereocenters. The van der Waals surface area contributed by atoms with Gasteiger partial charge in [0.2, 0.25) is 15.9 Å². The van der Waals surface area contributed by atoms with Crippen LogP contribution in [0.1, 0.15) is 24.0 Å². The molecule has 2 aromatic carbocycles. The van der Waals surface area contributed by atoms with E-state index in [9.17, 15) is 13.2 Å². The van der Waals surface area contributed by atoms with E-state index in [2.05, 4.69) is 5.32 Å². The Morgan fingerprint density at radius 3 is 2.50 bits per heavy atom. The largest absolute Gasteiger partial charge is 0.355 e. The zero-order valence-electron chi connectivity index (χ0n) is 17.0. The highest BCUT2D eigenvalue weighted by molar-refractivity contribution is 7.98. The highest BCUT2D eigenvalue weighted by Gasteiger charge is 2.20. The van der Waals surface area contributed by atoms with Crippen LogP contribution in [0.15, 0.2) is 42.5 Å². The smallest absolute Gasteiger partial charge is 0.232 e. The van der Waals surface area contributed by atoms with Gasteiger partial charge in [-0.25, -0.2) is 8.42 Å². The molecule has 1 N–H and O–H groups in total. The molecule has 5 nitrogen and oxygen atoms in total. The lowest BCUT2D eigenvalue weighted by molar-refractivity contribution is -0.121.